The second kappa shape index (κ2) is 14.1. The lowest BCUT2D eigenvalue weighted by Crippen LogP contribution is -2.27. The molecule has 2 aromatic carbocycles. The van der Waals surface area contributed by atoms with Gasteiger partial charge in [-0.1, -0.05) is 48.3 Å². The van der Waals surface area contributed by atoms with E-state index in [9.17, 15) is 4.79 Å². The Balaban J connectivity index is 0.00000441. The molecule has 0 atom stereocenters. The molecule has 0 unspecified atom stereocenters. The normalized spacial score (nSPS) is 11.4. The standard InChI is InChI=1S/C25H27Cl2N9O3.ClH/c1-4-35(5-2)13-21-22(36(34-30-21)24-23(28)32-39-33-24)25(37)31-29-15(3)16-7-10-19(11-8-16)38-14-17-6-9-18(26)12-20(17)27;/h6-12H,4-5,13-14H2,1-3H3,(H2,28,32)(H,31,37);1H/b29-15+;. The Bertz CT molecular complexity index is 1470. The molecule has 1 amide bonds. The van der Waals surface area contributed by atoms with Crippen LogP contribution in [0.5, 0.6) is 5.75 Å². The maximum atomic E-state index is 13.3. The van der Waals surface area contributed by atoms with Crippen molar-refractivity contribution in [3.05, 3.63) is 75.0 Å². The van der Waals surface area contributed by atoms with Gasteiger partial charge in [-0.25, -0.2) is 10.1 Å². The van der Waals surface area contributed by atoms with Crippen LogP contribution in [-0.4, -0.2) is 54.9 Å². The average molecular weight is 609 g/mol. The summed E-state index contributed by atoms with van der Waals surface area (Å²) in [5.41, 5.74) is 11.2. The molecule has 0 saturated heterocycles. The van der Waals surface area contributed by atoms with Crippen LogP contribution >= 0.6 is 35.6 Å². The number of aromatic nitrogens is 5. The van der Waals surface area contributed by atoms with E-state index in [0.717, 1.165) is 24.2 Å². The van der Waals surface area contributed by atoms with Crippen LogP contribution in [0.3, 0.4) is 0 Å². The summed E-state index contributed by atoms with van der Waals surface area (Å²) in [6.07, 6.45) is 0. The fraction of sp³-hybridized carbons (Fsp3) is 0.280. The summed E-state index contributed by atoms with van der Waals surface area (Å²) in [6.45, 7) is 8.03. The zero-order chi connectivity index (χ0) is 27.9. The van der Waals surface area contributed by atoms with Crippen LogP contribution in [0.1, 0.15) is 48.1 Å². The Kier molecular flexibility index (Phi) is 10.8. The van der Waals surface area contributed by atoms with E-state index in [1.54, 1.807) is 19.1 Å². The molecule has 0 aliphatic heterocycles. The number of anilines is 1. The van der Waals surface area contributed by atoms with Crippen molar-refractivity contribution in [3.8, 4) is 11.6 Å². The number of carbonyl (C=O) groups is 1. The highest BCUT2D eigenvalue weighted by molar-refractivity contribution is 6.35. The largest absolute Gasteiger partial charge is 0.489 e. The Morgan fingerprint density at radius 1 is 1.15 bits per heavy atom. The molecule has 40 heavy (non-hydrogen) atoms. The van der Waals surface area contributed by atoms with E-state index in [2.05, 4.69) is 40.7 Å². The van der Waals surface area contributed by atoms with Crippen LogP contribution in [0, 0.1) is 0 Å². The third-order valence-electron chi connectivity index (χ3n) is 5.93. The van der Waals surface area contributed by atoms with Gasteiger partial charge in [-0.2, -0.15) is 9.78 Å². The first kappa shape index (κ1) is 30.8. The lowest BCUT2D eigenvalue weighted by molar-refractivity contribution is 0.0944. The van der Waals surface area contributed by atoms with Crippen LogP contribution in [0.25, 0.3) is 5.82 Å². The molecule has 2 heterocycles. The maximum absolute atomic E-state index is 13.3. The monoisotopic (exact) mass is 607 g/mol. The van der Waals surface area contributed by atoms with E-state index >= 15 is 0 Å². The molecule has 0 saturated carbocycles. The number of carbonyl (C=O) groups excluding carboxylic acids is 1. The summed E-state index contributed by atoms with van der Waals surface area (Å²) in [5.74, 6) is 0.151. The molecule has 12 nitrogen and oxygen atoms in total. The molecule has 0 aliphatic carbocycles. The quantitative estimate of drug-likeness (QED) is 0.185. The minimum atomic E-state index is -0.538. The van der Waals surface area contributed by atoms with Crippen LogP contribution < -0.4 is 15.9 Å². The fourth-order valence-electron chi connectivity index (χ4n) is 3.64. The molecule has 0 spiro atoms. The topological polar surface area (TPSA) is 150 Å². The molecule has 3 N–H and O–H groups in total. The van der Waals surface area contributed by atoms with Crippen molar-refractivity contribution in [2.24, 2.45) is 5.10 Å². The summed E-state index contributed by atoms with van der Waals surface area (Å²) >= 11 is 12.2. The van der Waals surface area contributed by atoms with Gasteiger partial charge < -0.3 is 10.5 Å². The summed E-state index contributed by atoms with van der Waals surface area (Å²) in [5, 5.41) is 20.9. The van der Waals surface area contributed by atoms with Gasteiger partial charge in [0, 0.05) is 22.2 Å². The Hall–Kier alpha value is -3.71. The predicted molar refractivity (Wildman–Crippen MR) is 154 cm³/mol. The molecular formula is C25H28Cl3N9O3. The van der Waals surface area contributed by atoms with Gasteiger partial charge in [0.15, 0.2) is 5.69 Å². The molecule has 2 aromatic heterocycles. The second-order valence-electron chi connectivity index (χ2n) is 8.42. The maximum Gasteiger partial charge on any atom is 0.292 e. The van der Waals surface area contributed by atoms with Crippen LogP contribution in [-0.2, 0) is 13.2 Å². The predicted octanol–water partition coefficient (Wildman–Crippen LogP) is 4.54. The first-order valence-corrected chi connectivity index (χ1v) is 12.8. The Morgan fingerprint density at radius 3 is 2.50 bits per heavy atom. The van der Waals surface area contributed by atoms with E-state index < -0.39 is 5.91 Å². The average Bonchev–Trinajstić information content (AvgIpc) is 3.55. The summed E-state index contributed by atoms with van der Waals surface area (Å²) in [6, 6.07) is 12.5. The molecule has 0 radical (unpaired) electrons. The van der Waals surface area contributed by atoms with Gasteiger partial charge in [-0.05, 0) is 72.3 Å². The molecule has 4 rings (SSSR count). The molecule has 0 aliphatic rings. The molecule has 0 bridgehead atoms. The highest BCUT2D eigenvalue weighted by atomic mass is 35.5. The second-order valence-corrected chi connectivity index (χ2v) is 9.26. The summed E-state index contributed by atoms with van der Waals surface area (Å²) in [4.78, 5) is 15.4. The van der Waals surface area contributed by atoms with E-state index in [0.29, 0.717) is 40.4 Å². The first-order chi connectivity index (χ1) is 18.8. The molecule has 15 heteroatoms. The number of nitrogens with zero attached hydrogens (tertiary/aromatic N) is 7. The van der Waals surface area contributed by atoms with Crippen molar-refractivity contribution in [3.63, 3.8) is 0 Å². The van der Waals surface area contributed by atoms with Gasteiger partial charge in [0.1, 0.15) is 18.1 Å². The lowest BCUT2D eigenvalue weighted by atomic mass is 10.1. The SMILES string of the molecule is CCN(CC)Cc1nnn(-c2nonc2N)c1C(=O)N/N=C(\C)c1ccc(OCc2ccc(Cl)cc2Cl)cc1.Cl. The summed E-state index contributed by atoms with van der Waals surface area (Å²) < 4.78 is 11.7. The van der Waals surface area contributed by atoms with Crippen LogP contribution in [0.15, 0.2) is 52.2 Å². The third kappa shape index (κ3) is 7.27. The third-order valence-corrected chi connectivity index (χ3v) is 6.51. The minimum absolute atomic E-state index is 0. The van der Waals surface area contributed by atoms with Crippen molar-refractivity contribution in [1.29, 1.82) is 0 Å². The number of nitrogens with one attached hydrogen (secondary N) is 1. The minimum Gasteiger partial charge on any atom is -0.489 e. The zero-order valence-corrected chi connectivity index (χ0v) is 24.3. The molecule has 4 aromatic rings. The van der Waals surface area contributed by atoms with Gasteiger partial charge in [0.2, 0.25) is 11.6 Å². The highest BCUT2D eigenvalue weighted by Crippen LogP contribution is 2.23. The lowest BCUT2D eigenvalue weighted by Gasteiger charge is -2.16. The molecule has 212 valence electrons. The highest BCUT2D eigenvalue weighted by Gasteiger charge is 2.26. The van der Waals surface area contributed by atoms with Gasteiger partial charge in [0.25, 0.3) is 5.91 Å². The van der Waals surface area contributed by atoms with Crippen molar-refractivity contribution in [2.75, 3.05) is 18.8 Å². The Labute approximate surface area is 246 Å². The van der Waals surface area contributed by atoms with Crippen molar-refractivity contribution >= 4 is 53.0 Å². The van der Waals surface area contributed by atoms with Gasteiger partial charge in [-0.3, -0.25) is 9.69 Å². The number of halogens is 3. The number of nitrogen functional groups attached to an aromatic ring is 1. The smallest absolute Gasteiger partial charge is 0.292 e. The zero-order valence-electron chi connectivity index (χ0n) is 22.0. The number of ether oxygens (including phenoxy) is 1. The number of hydrogen-bond donors (Lipinski definition) is 2. The van der Waals surface area contributed by atoms with Crippen LogP contribution in [0.2, 0.25) is 10.0 Å². The molecule has 0 fully saturated rings. The first-order valence-electron chi connectivity index (χ1n) is 12.1. The van der Waals surface area contributed by atoms with Crippen molar-refractivity contribution in [2.45, 2.75) is 33.9 Å². The van der Waals surface area contributed by atoms with Crippen molar-refractivity contribution in [1.82, 2.24) is 35.6 Å². The van der Waals surface area contributed by atoms with E-state index in [-0.39, 0.29) is 29.7 Å². The molecular weight excluding hydrogens is 581 g/mol. The fourth-order valence-corrected chi connectivity index (χ4v) is 4.10. The summed E-state index contributed by atoms with van der Waals surface area (Å²) in [7, 11) is 0. The number of nitrogens with two attached hydrogens (primary N) is 1. The van der Waals surface area contributed by atoms with Crippen molar-refractivity contribution < 1.29 is 14.2 Å². The van der Waals surface area contributed by atoms with Gasteiger partial charge in [-0.15, -0.1) is 17.5 Å². The van der Waals surface area contributed by atoms with E-state index in [1.807, 2.05) is 44.2 Å². The number of hydrazone groups is 1. The van der Waals surface area contributed by atoms with Crippen LogP contribution in [0.4, 0.5) is 5.82 Å². The number of amides is 1. The van der Waals surface area contributed by atoms with Gasteiger partial charge in [0.05, 0.1) is 5.71 Å². The number of benzene rings is 2. The Morgan fingerprint density at radius 2 is 1.88 bits per heavy atom. The number of rotatable bonds is 11. The van der Waals surface area contributed by atoms with Gasteiger partial charge >= 0.3 is 0 Å². The van der Waals surface area contributed by atoms with E-state index in [1.165, 1.54) is 4.68 Å². The number of hydrogen-bond acceptors (Lipinski definition) is 10. The van der Waals surface area contributed by atoms with E-state index in [4.69, 9.17) is 33.7 Å².